The Balaban J connectivity index is 1.58. The molecule has 2 aromatic heterocycles. The molecule has 3 N–H and O–H groups in total. The molecular formula is C15H19N5O2S. The Kier molecular flexibility index (Phi) is 4.71. The van der Waals surface area contributed by atoms with Crippen LogP contribution in [0.25, 0.3) is 0 Å². The number of aryl methyl sites for hydroxylation is 1. The van der Waals surface area contributed by atoms with Crippen LogP contribution in [0, 0.1) is 0 Å². The number of nitrogens with zero attached hydrogens (tertiary/aromatic N) is 3. The maximum Gasteiger partial charge on any atom is 0.269 e. The molecule has 2 aromatic rings. The van der Waals surface area contributed by atoms with Crippen LogP contribution in [0.5, 0.6) is 0 Å². The average molecular weight is 333 g/mol. The molecule has 0 saturated carbocycles. The number of aromatic nitrogens is 3. The molecule has 0 bridgehead atoms. The molecule has 1 atom stereocenters. The fourth-order valence-electron chi connectivity index (χ4n) is 2.88. The van der Waals surface area contributed by atoms with Crippen molar-refractivity contribution in [2.45, 2.75) is 31.6 Å². The van der Waals surface area contributed by atoms with Crippen molar-refractivity contribution in [3.05, 3.63) is 34.0 Å². The fraction of sp³-hybridized carbons (Fsp3) is 0.467. The Bertz CT molecular complexity index is 682. The number of piperidine rings is 1. The van der Waals surface area contributed by atoms with Gasteiger partial charge in [0.2, 0.25) is 5.91 Å². The average Bonchev–Trinajstić information content (AvgIpc) is 3.24. The lowest BCUT2D eigenvalue weighted by Crippen LogP contribution is -2.39. The largest absolute Gasteiger partial charge is 0.364 e. The summed E-state index contributed by atoms with van der Waals surface area (Å²) >= 11 is 1.54. The highest BCUT2D eigenvalue weighted by molar-refractivity contribution is 7.07. The van der Waals surface area contributed by atoms with E-state index in [0.717, 1.165) is 30.8 Å². The third-order valence-electron chi connectivity index (χ3n) is 4.14. The van der Waals surface area contributed by atoms with Crippen LogP contribution in [0.15, 0.2) is 17.0 Å². The van der Waals surface area contributed by atoms with Gasteiger partial charge >= 0.3 is 0 Å². The number of likely N-dealkylation sites (tertiary alicyclic amines) is 1. The molecule has 0 unspecified atom stereocenters. The lowest BCUT2D eigenvalue weighted by atomic mass is 9.94. The van der Waals surface area contributed by atoms with E-state index in [1.165, 1.54) is 0 Å². The zero-order valence-corrected chi connectivity index (χ0v) is 13.5. The van der Waals surface area contributed by atoms with Gasteiger partial charge in [-0.25, -0.2) is 4.98 Å². The molecular weight excluding hydrogens is 314 g/mol. The van der Waals surface area contributed by atoms with E-state index in [1.807, 2.05) is 10.3 Å². The molecule has 3 heterocycles. The molecule has 122 valence electrons. The van der Waals surface area contributed by atoms with Crippen LogP contribution < -0.4 is 5.73 Å². The smallest absolute Gasteiger partial charge is 0.269 e. The van der Waals surface area contributed by atoms with Crippen LogP contribution in [-0.2, 0) is 11.2 Å². The van der Waals surface area contributed by atoms with Crippen LogP contribution >= 0.6 is 11.3 Å². The minimum Gasteiger partial charge on any atom is -0.364 e. The Morgan fingerprint density at radius 3 is 3.04 bits per heavy atom. The van der Waals surface area contributed by atoms with Gasteiger partial charge in [0.1, 0.15) is 5.69 Å². The summed E-state index contributed by atoms with van der Waals surface area (Å²) < 4.78 is 0. The molecule has 2 amide bonds. The van der Waals surface area contributed by atoms with Crippen molar-refractivity contribution in [3.8, 4) is 0 Å². The highest BCUT2D eigenvalue weighted by atomic mass is 32.1. The monoisotopic (exact) mass is 333 g/mol. The van der Waals surface area contributed by atoms with Crippen LogP contribution in [0.1, 0.15) is 47.1 Å². The maximum atomic E-state index is 12.4. The first-order chi connectivity index (χ1) is 11.1. The minimum atomic E-state index is -0.542. The van der Waals surface area contributed by atoms with Gasteiger partial charge in [0, 0.05) is 36.5 Å². The van der Waals surface area contributed by atoms with E-state index >= 15 is 0 Å². The van der Waals surface area contributed by atoms with Gasteiger partial charge in [-0.2, -0.15) is 5.10 Å². The standard InChI is InChI=1S/C15H19N5O2S/c16-15(22)13-6-12(18-19-13)10-2-1-5-20(7-10)14(21)4-3-11-8-23-9-17-11/h6,8-10H,1-5,7H2,(H2,16,22)(H,18,19)/t10-/m1/s1. The van der Waals surface area contributed by atoms with Crippen molar-refractivity contribution in [1.82, 2.24) is 20.1 Å². The number of aromatic amines is 1. The van der Waals surface area contributed by atoms with Gasteiger partial charge in [0.05, 0.1) is 11.2 Å². The number of H-pyrrole nitrogens is 1. The molecule has 1 aliphatic heterocycles. The zero-order chi connectivity index (χ0) is 16.2. The summed E-state index contributed by atoms with van der Waals surface area (Å²) in [6.45, 7) is 1.43. The van der Waals surface area contributed by atoms with Crippen molar-refractivity contribution < 1.29 is 9.59 Å². The Morgan fingerprint density at radius 1 is 1.48 bits per heavy atom. The molecule has 8 heteroatoms. The third-order valence-corrected chi connectivity index (χ3v) is 4.78. The van der Waals surface area contributed by atoms with Crippen LogP contribution in [0.3, 0.4) is 0 Å². The first-order valence-corrected chi connectivity index (χ1v) is 8.57. The number of amides is 2. The summed E-state index contributed by atoms with van der Waals surface area (Å²) in [7, 11) is 0. The predicted octanol–water partition coefficient (Wildman–Crippen LogP) is 1.30. The molecule has 1 aliphatic rings. The van der Waals surface area contributed by atoms with Crippen molar-refractivity contribution in [3.63, 3.8) is 0 Å². The highest BCUT2D eigenvalue weighted by Gasteiger charge is 2.26. The van der Waals surface area contributed by atoms with E-state index in [2.05, 4.69) is 15.2 Å². The summed E-state index contributed by atoms with van der Waals surface area (Å²) in [5, 5.41) is 8.77. The molecule has 1 saturated heterocycles. The molecule has 3 rings (SSSR count). The second-order valence-electron chi connectivity index (χ2n) is 5.73. The van der Waals surface area contributed by atoms with Gasteiger partial charge in [-0.15, -0.1) is 11.3 Å². The molecule has 23 heavy (non-hydrogen) atoms. The summed E-state index contributed by atoms with van der Waals surface area (Å²) in [5.41, 5.74) is 9.09. The lowest BCUT2D eigenvalue weighted by Gasteiger charge is -2.32. The van der Waals surface area contributed by atoms with E-state index < -0.39 is 5.91 Å². The molecule has 0 aliphatic carbocycles. The second-order valence-corrected chi connectivity index (χ2v) is 6.45. The number of hydrogen-bond acceptors (Lipinski definition) is 5. The number of hydrogen-bond donors (Lipinski definition) is 2. The topological polar surface area (TPSA) is 105 Å². The Labute approximate surface area is 137 Å². The third kappa shape index (κ3) is 3.76. The Hall–Kier alpha value is -2.22. The van der Waals surface area contributed by atoms with Crippen molar-refractivity contribution >= 4 is 23.2 Å². The van der Waals surface area contributed by atoms with Crippen molar-refractivity contribution in [2.75, 3.05) is 13.1 Å². The van der Waals surface area contributed by atoms with E-state index in [9.17, 15) is 9.59 Å². The van der Waals surface area contributed by atoms with Gasteiger partial charge in [-0.05, 0) is 25.3 Å². The predicted molar refractivity (Wildman–Crippen MR) is 86.1 cm³/mol. The van der Waals surface area contributed by atoms with E-state index in [-0.39, 0.29) is 17.5 Å². The first-order valence-electron chi connectivity index (χ1n) is 7.63. The lowest BCUT2D eigenvalue weighted by molar-refractivity contribution is -0.132. The molecule has 1 fully saturated rings. The Morgan fingerprint density at radius 2 is 2.35 bits per heavy atom. The SMILES string of the molecule is NC(=O)c1cc([C@@H]2CCCN(C(=O)CCc3cscn3)C2)[nH]n1. The van der Waals surface area contributed by atoms with Gasteiger partial charge in [0.15, 0.2) is 0 Å². The maximum absolute atomic E-state index is 12.4. The van der Waals surface area contributed by atoms with E-state index in [0.29, 0.717) is 19.4 Å². The van der Waals surface area contributed by atoms with Crippen molar-refractivity contribution in [1.29, 1.82) is 0 Å². The minimum absolute atomic E-state index is 0.150. The van der Waals surface area contributed by atoms with Crippen LogP contribution in [-0.4, -0.2) is 45.0 Å². The summed E-state index contributed by atoms with van der Waals surface area (Å²) in [4.78, 5) is 29.6. The van der Waals surface area contributed by atoms with E-state index in [1.54, 1.807) is 22.9 Å². The summed E-state index contributed by atoms with van der Waals surface area (Å²) in [5.74, 6) is -0.218. The number of thiazole rings is 1. The number of nitrogens with two attached hydrogens (primary N) is 1. The highest BCUT2D eigenvalue weighted by Crippen LogP contribution is 2.26. The summed E-state index contributed by atoms with van der Waals surface area (Å²) in [6, 6.07) is 1.69. The number of rotatable bonds is 5. The van der Waals surface area contributed by atoms with Crippen molar-refractivity contribution in [2.24, 2.45) is 5.73 Å². The van der Waals surface area contributed by atoms with Gasteiger partial charge in [-0.1, -0.05) is 0 Å². The van der Waals surface area contributed by atoms with Crippen LogP contribution in [0.2, 0.25) is 0 Å². The van der Waals surface area contributed by atoms with Gasteiger partial charge in [-0.3, -0.25) is 14.7 Å². The normalized spacial score (nSPS) is 18.1. The molecule has 0 spiro atoms. The summed E-state index contributed by atoms with van der Waals surface area (Å²) in [6.07, 6.45) is 3.07. The van der Waals surface area contributed by atoms with Gasteiger partial charge < -0.3 is 10.6 Å². The first kappa shape index (κ1) is 15.7. The molecule has 0 radical (unpaired) electrons. The molecule has 7 nitrogen and oxygen atoms in total. The number of nitrogens with one attached hydrogen (secondary N) is 1. The quantitative estimate of drug-likeness (QED) is 0.860. The fourth-order valence-corrected chi connectivity index (χ4v) is 3.48. The zero-order valence-electron chi connectivity index (χ0n) is 12.7. The number of primary amides is 1. The van der Waals surface area contributed by atoms with E-state index in [4.69, 9.17) is 5.73 Å². The van der Waals surface area contributed by atoms with Gasteiger partial charge in [0.25, 0.3) is 5.91 Å². The molecule has 0 aromatic carbocycles. The number of carbonyl (C=O) groups excluding carboxylic acids is 2. The van der Waals surface area contributed by atoms with Crippen LogP contribution in [0.4, 0.5) is 0 Å². The number of carbonyl (C=O) groups is 2. The second kappa shape index (κ2) is 6.91.